The zero-order chi connectivity index (χ0) is 33.2. The Balaban J connectivity index is 1.29. The lowest BCUT2D eigenvalue weighted by Crippen LogP contribution is -1.92. The van der Waals surface area contributed by atoms with Crippen LogP contribution in [0.5, 0.6) is 0 Å². The summed E-state index contributed by atoms with van der Waals surface area (Å²) in [5, 5.41) is 15.1. The van der Waals surface area contributed by atoms with E-state index in [1.165, 1.54) is 98.0 Å². The van der Waals surface area contributed by atoms with Crippen molar-refractivity contribution in [3.05, 3.63) is 188 Å². The normalized spacial score (nSPS) is 11.7. The van der Waals surface area contributed by atoms with Crippen LogP contribution in [0, 0.1) is 0 Å². The molecule has 0 aromatic heterocycles. The fourth-order valence-electron chi connectivity index (χ4n) is 8.03. The Bertz CT molecular complexity index is 2980. The van der Waals surface area contributed by atoms with E-state index in [0.29, 0.717) is 0 Å². The Morgan fingerprint density at radius 3 is 1.52 bits per heavy atom. The number of hydrogen-bond donors (Lipinski definition) is 0. The Morgan fingerprint density at radius 2 is 0.760 bits per heavy atom. The van der Waals surface area contributed by atoms with Gasteiger partial charge in [-0.15, -0.1) is 0 Å². The summed E-state index contributed by atoms with van der Waals surface area (Å²) in [6.07, 6.45) is 1.91. The molecule has 0 spiro atoms. The second-order valence-electron chi connectivity index (χ2n) is 13.4. The van der Waals surface area contributed by atoms with Gasteiger partial charge in [-0.05, 0) is 134 Å². The summed E-state index contributed by atoms with van der Waals surface area (Å²) < 4.78 is 0. The van der Waals surface area contributed by atoms with Crippen LogP contribution in [-0.4, -0.2) is 0 Å². The maximum absolute atomic E-state index is 4.00. The van der Waals surface area contributed by atoms with Gasteiger partial charge >= 0.3 is 0 Å². The van der Waals surface area contributed by atoms with Crippen LogP contribution >= 0.6 is 0 Å². The molecule has 0 amide bonds. The third-order valence-corrected chi connectivity index (χ3v) is 10.5. The molecular weight excluding hydrogens is 601 g/mol. The van der Waals surface area contributed by atoms with Crippen molar-refractivity contribution < 1.29 is 0 Å². The average Bonchev–Trinajstić information content (AvgIpc) is 3.18. The van der Waals surface area contributed by atoms with Gasteiger partial charge in [0.25, 0.3) is 0 Å². The van der Waals surface area contributed by atoms with Crippen LogP contribution in [0.25, 0.3) is 104 Å². The predicted octanol–water partition coefficient (Wildman–Crippen LogP) is 14.2. The molecule has 10 aromatic carbocycles. The van der Waals surface area contributed by atoms with Crippen molar-refractivity contribution in [3.63, 3.8) is 0 Å². The minimum Gasteiger partial charge on any atom is -0.0985 e. The second kappa shape index (κ2) is 11.3. The minimum atomic E-state index is 1.12. The maximum Gasteiger partial charge on any atom is -0.00261 e. The Kier molecular flexibility index (Phi) is 6.44. The molecule has 10 aromatic rings. The van der Waals surface area contributed by atoms with E-state index in [-0.39, 0.29) is 0 Å². The summed E-state index contributed by atoms with van der Waals surface area (Å²) in [7, 11) is 0. The highest BCUT2D eigenvalue weighted by Crippen LogP contribution is 2.46. The van der Waals surface area contributed by atoms with E-state index in [4.69, 9.17) is 0 Å². The molecule has 0 unspecified atom stereocenters. The lowest BCUT2D eigenvalue weighted by atomic mass is 9.84. The molecule has 0 aliphatic carbocycles. The largest absolute Gasteiger partial charge is 0.0985 e. The van der Waals surface area contributed by atoms with Crippen molar-refractivity contribution in [2.75, 3.05) is 0 Å². The van der Waals surface area contributed by atoms with Crippen molar-refractivity contribution in [1.29, 1.82) is 0 Å². The number of hydrogen-bond acceptors (Lipinski definition) is 0. The number of benzene rings is 10. The van der Waals surface area contributed by atoms with Crippen molar-refractivity contribution in [2.45, 2.75) is 0 Å². The Hall–Kier alpha value is -6.50. The molecule has 0 heterocycles. The van der Waals surface area contributed by atoms with E-state index in [9.17, 15) is 0 Å². The lowest BCUT2D eigenvalue weighted by Gasteiger charge is -2.19. The summed E-state index contributed by atoms with van der Waals surface area (Å²) in [6, 6.07) is 65.1. The summed E-state index contributed by atoms with van der Waals surface area (Å²) >= 11 is 0. The summed E-state index contributed by atoms with van der Waals surface area (Å²) in [5.41, 5.74) is 8.51. The van der Waals surface area contributed by atoms with Crippen LogP contribution in [0.1, 0.15) is 5.56 Å². The second-order valence-corrected chi connectivity index (χ2v) is 13.4. The van der Waals surface area contributed by atoms with Crippen molar-refractivity contribution in [2.24, 2.45) is 0 Å². The van der Waals surface area contributed by atoms with Crippen LogP contribution in [0.2, 0.25) is 0 Å². The van der Waals surface area contributed by atoms with Gasteiger partial charge in [0.1, 0.15) is 0 Å². The standard InChI is InChI=1S/C50H32/c1-2-32-15-17-35(18-16-32)49-43-13-7-8-14-44(43)50(45-26-25-40(30-48(45)49)39-22-19-33-9-3-4-10-36(33)27-39)42-24-21-34-20-23-41-28-37-11-5-6-12-38(37)29-47(41)46(34)31-42/h2-31H,1H2. The third-order valence-electron chi connectivity index (χ3n) is 10.5. The summed E-state index contributed by atoms with van der Waals surface area (Å²) in [4.78, 5) is 0. The quantitative estimate of drug-likeness (QED) is 0.134. The van der Waals surface area contributed by atoms with Crippen LogP contribution in [0.15, 0.2) is 183 Å². The van der Waals surface area contributed by atoms with Gasteiger partial charge in [-0.1, -0.05) is 158 Å². The topological polar surface area (TPSA) is 0 Å². The molecule has 10 rings (SSSR count). The smallest absolute Gasteiger partial charge is 0.00261 e. The SMILES string of the molecule is C=Cc1ccc(-c2c3ccccc3c(-c3ccc4ccc5cc6ccccc6cc5c4c3)c3ccc(-c4ccc5ccccc5c4)cc23)cc1. The van der Waals surface area contributed by atoms with Gasteiger partial charge in [-0.3, -0.25) is 0 Å². The fraction of sp³-hybridized carbons (Fsp3) is 0. The van der Waals surface area contributed by atoms with Crippen molar-refractivity contribution >= 4 is 70.7 Å². The highest BCUT2D eigenvalue weighted by atomic mass is 14.2. The molecule has 0 radical (unpaired) electrons. The lowest BCUT2D eigenvalue weighted by molar-refractivity contribution is 1.63. The van der Waals surface area contributed by atoms with E-state index in [1.54, 1.807) is 0 Å². The molecular formula is C50H32. The van der Waals surface area contributed by atoms with E-state index in [0.717, 1.165) is 5.56 Å². The monoisotopic (exact) mass is 632 g/mol. The van der Waals surface area contributed by atoms with E-state index >= 15 is 0 Å². The van der Waals surface area contributed by atoms with Crippen LogP contribution in [0.3, 0.4) is 0 Å². The number of fused-ring (bicyclic) bond motifs is 7. The molecule has 50 heavy (non-hydrogen) atoms. The summed E-state index contributed by atoms with van der Waals surface area (Å²) in [6.45, 7) is 4.00. The van der Waals surface area contributed by atoms with Gasteiger partial charge in [-0.2, -0.15) is 0 Å². The molecule has 0 heteroatoms. The van der Waals surface area contributed by atoms with Crippen LogP contribution in [-0.2, 0) is 0 Å². The molecule has 0 bridgehead atoms. The highest BCUT2D eigenvalue weighted by molar-refractivity contribution is 6.23. The van der Waals surface area contributed by atoms with Gasteiger partial charge in [0.15, 0.2) is 0 Å². The van der Waals surface area contributed by atoms with E-state index in [1.807, 2.05) is 6.08 Å². The van der Waals surface area contributed by atoms with Crippen molar-refractivity contribution in [1.82, 2.24) is 0 Å². The molecule has 0 aliphatic heterocycles. The molecule has 0 aliphatic rings. The van der Waals surface area contributed by atoms with Crippen LogP contribution < -0.4 is 0 Å². The molecule has 232 valence electrons. The predicted molar refractivity (Wildman–Crippen MR) is 218 cm³/mol. The molecule has 0 nitrogen and oxygen atoms in total. The van der Waals surface area contributed by atoms with Crippen LogP contribution in [0.4, 0.5) is 0 Å². The van der Waals surface area contributed by atoms with E-state index in [2.05, 4.69) is 183 Å². The van der Waals surface area contributed by atoms with Gasteiger partial charge < -0.3 is 0 Å². The molecule has 0 fully saturated rings. The molecule has 0 atom stereocenters. The first-order valence-corrected chi connectivity index (χ1v) is 17.3. The van der Waals surface area contributed by atoms with E-state index < -0.39 is 0 Å². The van der Waals surface area contributed by atoms with Gasteiger partial charge in [-0.25, -0.2) is 0 Å². The van der Waals surface area contributed by atoms with Gasteiger partial charge in [0.05, 0.1) is 0 Å². The molecule has 0 saturated heterocycles. The first-order valence-electron chi connectivity index (χ1n) is 17.3. The highest BCUT2D eigenvalue weighted by Gasteiger charge is 2.18. The molecule has 0 saturated carbocycles. The first-order chi connectivity index (χ1) is 24.7. The maximum atomic E-state index is 4.00. The van der Waals surface area contributed by atoms with Gasteiger partial charge in [0, 0.05) is 0 Å². The third kappa shape index (κ3) is 4.54. The first kappa shape index (κ1) is 28.5. The zero-order valence-corrected chi connectivity index (χ0v) is 27.5. The fourth-order valence-corrected chi connectivity index (χ4v) is 8.03. The Morgan fingerprint density at radius 1 is 0.280 bits per heavy atom. The number of rotatable bonds is 4. The molecule has 0 N–H and O–H groups in total. The minimum absolute atomic E-state index is 1.12. The van der Waals surface area contributed by atoms with Gasteiger partial charge in [0.2, 0.25) is 0 Å². The van der Waals surface area contributed by atoms with Crippen molar-refractivity contribution in [3.8, 4) is 33.4 Å². The average molecular weight is 633 g/mol. The zero-order valence-electron chi connectivity index (χ0n) is 27.5. The summed E-state index contributed by atoms with van der Waals surface area (Å²) in [5.74, 6) is 0. The Labute approximate surface area is 291 Å².